The first-order valence-corrected chi connectivity index (χ1v) is 7.82. The van der Waals surface area contributed by atoms with Crippen molar-refractivity contribution in [2.24, 2.45) is 0 Å². The number of benzene rings is 1. The van der Waals surface area contributed by atoms with Gasteiger partial charge in [0.15, 0.2) is 5.82 Å². The first-order valence-electron chi connectivity index (χ1n) is 5.54. The Labute approximate surface area is 115 Å². The van der Waals surface area contributed by atoms with E-state index < -0.39 is 20.7 Å². The van der Waals surface area contributed by atoms with Gasteiger partial charge in [0.2, 0.25) is 10.0 Å². The number of halogens is 2. The van der Waals surface area contributed by atoms with Crippen LogP contribution in [0.3, 0.4) is 0 Å². The van der Waals surface area contributed by atoms with Crippen LogP contribution in [0.1, 0.15) is 26.7 Å². The fraction of sp³-hybridized carbons (Fsp3) is 0.455. The third kappa shape index (κ3) is 3.66. The van der Waals surface area contributed by atoms with Gasteiger partial charge in [-0.25, -0.2) is 17.5 Å². The smallest absolute Gasteiger partial charge is 0.243 e. The van der Waals surface area contributed by atoms with Gasteiger partial charge in [-0.05, 0) is 41.4 Å². The van der Waals surface area contributed by atoms with Crippen molar-refractivity contribution in [1.82, 2.24) is 4.72 Å². The molecular formula is C11H16BrFN2O2S. The fourth-order valence-electron chi connectivity index (χ4n) is 1.60. The predicted molar refractivity (Wildman–Crippen MR) is 73.2 cm³/mol. The van der Waals surface area contributed by atoms with Gasteiger partial charge in [-0.1, -0.05) is 13.3 Å². The van der Waals surface area contributed by atoms with Gasteiger partial charge in [0.25, 0.3) is 0 Å². The average Bonchev–Trinajstić information content (AvgIpc) is 2.22. The van der Waals surface area contributed by atoms with Gasteiger partial charge >= 0.3 is 0 Å². The summed E-state index contributed by atoms with van der Waals surface area (Å²) in [4.78, 5) is -0.433. The van der Waals surface area contributed by atoms with E-state index in [1.807, 2.05) is 6.92 Å². The highest BCUT2D eigenvalue weighted by Gasteiger charge is 2.23. The molecule has 0 bridgehead atoms. The summed E-state index contributed by atoms with van der Waals surface area (Å²) in [6, 6.07) is 2.19. The van der Waals surface area contributed by atoms with Crippen LogP contribution < -0.4 is 10.5 Å². The van der Waals surface area contributed by atoms with Crippen LogP contribution in [-0.4, -0.2) is 14.5 Å². The molecule has 3 N–H and O–H groups in total. The number of sulfonamides is 1. The van der Waals surface area contributed by atoms with E-state index in [1.54, 1.807) is 6.92 Å². The molecule has 1 atom stereocenters. The molecule has 4 nitrogen and oxygen atoms in total. The molecule has 0 spiro atoms. The van der Waals surface area contributed by atoms with Crippen molar-refractivity contribution < 1.29 is 12.8 Å². The molecule has 0 amide bonds. The van der Waals surface area contributed by atoms with Crippen LogP contribution in [0.15, 0.2) is 21.5 Å². The van der Waals surface area contributed by atoms with Crippen molar-refractivity contribution in [3.63, 3.8) is 0 Å². The highest BCUT2D eigenvalue weighted by molar-refractivity contribution is 9.10. The molecule has 0 heterocycles. The van der Waals surface area contributed by atoms with Gasteiger partial charge in [0.05, 0.1) is 4.47 Å². The first-order chi connectivity index (χ1) is 8.27. The van der Waals surface area contributed by atoms with E-state index in [2.05, 4.69) is 20.7 Å². The summed E-state index contributed by atoms with van der Waals surface area (Å²) < 4.78 is 40.3. The second-order valence-electron chi connectivity index (χ2n) is 4.13. The zero-order valence-corrected chi connectivity index (χ0v) is 12.6. The Kier molecular flexibility index (Phi) is 5.12. The lowest BCUT2D eigenvalue weighted by molar-refractivity contribution is 0.530. The summed E-state index contributed by atoms with van der Waals surface area (Å²) >= 11 is 2.94. The quantitative estimate of drug-likeness (QED) is 0.810. The Balaban J connectivity index is 3.13. The van der Waals surface area contributed by atoms with Crippen LogP contribution in [0.4, 0.5) is 10.1 Å². The SMILES string of the molecule is CCCC(C)NS(=O)(=O)c1cc(N)cc(Br)c1F. The number of hydrogen-bond donors (Lipinski definition) is 2. The number of anilines is 1. The van der Waals surface area contributed by atoms with Gasteiger partial charge in [0, 0.05) is 11.7 Å². The zero-order valence-electron chi connectivity index (χ0n) is 10.2. The van der Waals surface area contributed by atoms with Crippen LogP contribution in [0, 0.1) is 5.82 Å². The van der Waals surface area contributed by atoms with Crippen molar-refractivity contribution in [3.8, 4) is 0 Å². The van der Waals surface area contributed by atoms with Crippen LogP contribution in [0.5, 0.6) is 0 Å². The molecule has 0 aliphatic heterocycles. The Hall–Kier alpha value is -0.660. The minimum Gasteiger partial charge on any atom is -0.399 e. The molecule has 1 aromatic rings. The van der Waals surface area contributed by atoms with E-state index in [0.717, 1.165) is 12.5 Å². The highest BCUT2D eigenvalue weighted by atomic mass is 79.9. The summed E-state index contributed by atoms with van der Waals surface area (Å²) in [7, 11) is -3.89. The predicted octanol–water partition coefficient (Wildman–Crippen LogP) is 2.64. The molecule has 7 heteroatoms. The molecule has 18 heavy (non-hydrogen) atoms. The Morgan fingerprint density at radius 2 is 2.11 bits per heavy atom. The van der Waals surface area contributed by atoms with Gasteiger partial charge < -0.3 is 5.73 Å². The highest BCUT2D eigenvalue weighted by Crippen LogP contribution is 2.26. The molecule has 0 saturated heterocycles. The van der Waals surface area contributed by atoms with E-state index in [4.69, 9.17) is 5.73 Å². The molecule has 102 valence electrons. The van der Waals surface area contributed by atoms with Gasteiger partial charge in [-0.3, -0.25) is 0 Å². The third-order valence-electron chi connectivity index (χ3n) is 2.38. The summed E-state index contributed by atoms with van der Waals surface area (Å²) in [5.74, 6) is -0.833. The lowest BCUT2D eigenvalue weighted by Crippen LogP contribution is -2.33. The largest absolute Gasteiger partial charge is 0.399 e. The van der Waals surface area contributed by atoms with E-state index >= 15 is 0 Å². The Morgan fingerprint density at radius 3 is 2.67 bits per heavy atom. The molecule has 0 aliphatic rings. The van der Waals surface area contributed by atoms with Crippen LogP contribution >= 0.6 is 15.9 Å². The number of nitrogens with two attached hydrogens (primary N) is 1. The monoisotopic (exact) mass is 338 g/mol. The minimum atomic E-state index is -3.89. The average molecular weight is 339 g/mol. The van der Waals surface area contributed by atoms with Crippen molar-refractivity contribution in [2.45, 2.75) is 37.6 Å². The number of nitrogen functional groups attached to an aromatic ring is 1. The molecule has 0 aliphatic carbocycles. The summed E-state index contributed by atoms with van der Waals surface area (Å²) in [6.07, 6.45) is 1.52. The maximum Gasteiger partial charge on any atom is 0.243 e. The topological polar surface area (TPSA) is 72.2 Å². The summed E-state index contributed by atoms with van der Waals surface area (Å²) in [5, 5.41) is 0. The van der Waals surface area contributed by atoms with Crippen LogP contribution in [0.2, 0.25) is 0 Å². The molecule has 0 aromatic heterocycles. The van der Waals surface area contributed by atoms with E-state index in [9.17, 15) is 12.8 Å². The maximum absolute atomic E-state index is 13.8. The normalized spacial score (nSPS) is 13.6. The molecule has 1 unspecified atom stereocenters. The fourth-order valence-corrected chi connectivity index (χ4v) is 3.62. The molecule has 1 aromatic carbocycles. The van der Waals surface area contributed by atoms with Crippen LogP contribution in [0.25, 0.3) is 0 Å². The zero-order chi connectivity index (χ0) is 13.9. The molecule has 0 radical (unpaired) electrons. The lowest BCUT2D eigenvalue weighted by Gasteiger charge is -2.14. The third-order valence-corrected chi connectivity index (χ3v) is 4.55. The Morgan fingerprint density at radius 1 is 1.50 bits per heavy atom. The second-order valence-corrected chi connectivity index (χ2v) is 6.66. The number of nitrogens with one attached hydrogen (secondary N) is 1. The summed E-state index contributed by atoms with van der Waals surface area (Å²) in [6.45, 7) is 3.68. The van der Waals surface area contributed by atoms with Crippen molar-refractivity contribution >= 4 is 31.6 Å². The van der Waals surface area contributed by atoms with E-state index in [1.165, 1.54) is 6.07 Å². The van der Waals surface area contributed by atoms with Gasteiger partial charge in [0.1, 0.15) is 4.90 Å². The Bertz CT molecular complexity index is 534. The van der Waals surface area contributed by atoms with Crippen molar-refractivity contribution in [3.05, 3.63) is 22.4 Å². The number of rotatable bonds is 5. The van der Waals surface area contributed by atoms with E-state index in [-0.39, 0.29) is 16.2 Å². The van der Waals surface area contributed by atoms with E-state index in [0.29, 0.717) is 6.42 Å². The summed E-state index contributed by atoms with van der Waals surface area (Å²) in [5.41, 5.74) is 5.71. The van der Waals surface area contributed by atoms with Gasteiger partial charge in [-0.15, -0.1) is 0 Å². The molecular weight excluding hydrogens is 323 g/mol. The number of hydrogen-bond acceptors (Lipinski definition) is 3. The minimum absolute atomic E-state index is 0.0334. The first kappa shape index (κ1) is 15.4. The lowest BCUT2D eigenvalue weighted by atomic mass is 10.2. The maximum atomic E-state index is 13.8. The standard InChI is InChI=1S/C11H16BrFN2O2S/c1-3-4-7(2)15-18(16,17)10-6-8(14)5-9(12)11(10)13/h5-7,15H,3-4,14H2,1-2H3. The second kappa shape index (κ2) is 5.99. The van der Waals surface area contributed by atoms with Crippen LogP contribution in [-0.2, 0) is 10.0 Å². The van der Waals surface area contributed by atoms with Gasteiger partial charge in [-0.2, -0.15) is 0 Å². The molecule has 0 saturated carbocycles. The molecule has 0 fully saturated rings. The van der Waals surface area contributed by atoms with Crippen molar-refractivity contribution in [1.29, 1.82) is 0 Å². The van der Waals surface area contributed by atoms with Crippen molar-refractivity contribution in [2.75, 3.05) is 5.73 Å². The molecule has 1 rings (SSSR count).